The Morgan fingerprint density at radius 1 is 1.39 bits per heavy atom. The van der Waals surface area contributed by atoms with Gasteiger partial charge in [0.05, 0.1) is 11.7 Å². The van der Waals surface area contributed by atoms with Crippen LogP contribution in [0.2, 0.25) is 5.15 Å². The van der Waals surface area contributed by atoms with Gasteiger partial charge < -0.3 is 10.3 Å². The zero-order chi connectivity index (χ0) is 13.9. The molecule has 102 valence electrons. The van der Waals surface area contributed by atoms with Crippen molar-refractivity contribution in [1.82, 2.24) is 15.3 Å². The monoisotopic (exact) mass is 271 g/mol. The van der Waals surface area contributed by atoms with Gasteiger partial charge in [0.2, 0.25) is 5.91 Å². The lowest BCUT2D eigenvalue weighted by Gasteiger charge is -2.21. The van der Waals surface area contributed by atoms with Crippen molar-refractivity contribution in [3.05, 3.63) is 16.7 Å². The highest BCUT2D eigenvalue weighted by molar-refractivity contribution is 6.30. The van der Waals surface area contributed by atoms with Gasteiger partial charge in [-0.15, -0.1) is 0 Å². The number of nitrogens with one attached hydrogen (secondary N) is 2. The van der Waals surface area contributed by atoms with Crippen molar-refractivity contribution in [2.24, 2.45) is 11.8 Å². The van der Waals surface area contributed by atoms with E-state index in [1.807, 2.05) is 34.6 Å². The molecule has 4 nitrogen and oxygen atoms in total. The number of hydrogen-bond donors (Lipinski definition) is 2. The summed E-state index contributed by atoms with van der Waals surface area (Å²) in [6.45, 7) is 10.0. The van der Waals surface area contributed by atoms with E-state index in [9.17, 15) is 4.79 Å². The smallest absolute Gasteiger partial charge is 0.220 e. The highest BCUT2D eigenvalue weighted by Crippen LogP contribution is 2.22. The molecule has 0 radical (unpaired) electrons. The second kappa shape index (κ2) is 6.23. The van der Waals surface area contributed by atoms with Crippen LogP contribution in [-0.2, 0) is 4.79 Å². The van der Waals surface area contributed by atoms with Crippen LogP contribution in [-0.4, -0.2) is 15.9 Å². The van der Waals surface area contributed by atoms with Gasteiger partial charge in [-0.05, 0) is 18.8 Å². The topological polar surface area (TPSA) is 57.8 Å². The molecule has 5 heteroatoms. The second-order valence-corrected chi connectivity index (χ2v) is 5.78. The van der Waals surface area contributed by atoms with Crippen LogP contribution in [0.25, 0.3) is 0 Å². The lowest BCUT2D eigenvalue weighted by molar-refractivity contribution is -0.122. The number of imidazole rings is 1. The Labute approximate surface area is 114 Å². The SMILES string of the molecule is Cc1[nH]c(C(NC(=O)CC(C)C)C(C)C)nc1Cl. The molecule has 18 heavy (non-hydrogen) atoms. The van der Waals surface area contributed by atoms with Crippen molar-refractivity contribution >= 4 is 17.5 Å². The number of carbonyl (C=O) groups excluding carboxylic acids is 1. The van der Waals surface area contributed by atoms with E-state index < -0.39 is 0 Å². The Bertz CT molecular complexity index is 393. The summed E-state index contributed by atoms with van der Waals surface area (Å²) in [4.78, 5) is 19.2. The van der Waals surface area contributed by atoms with E-state index in [4.69, 9.17) is 11.6 Å². The van der Waals surface area contributed by atoms with E-state index in [-0.39, 0.29) is 17.9 Å². The number of halogens is 1. The maximum atomic E-state index is 11.8. The molecule has 2 N–H and O–H groups in total. The fourth-order valence-electron chi connectivity index (χ4n) is 1.76. The second-order valence-electron chi connectivity index (χ2n) is 5.43. The third-order valence-corrected chi connectivity index (χ3v) is 3.08. The first-order valence-corrected chi connectivity index (χ1v) is 6.70. The molecule has 0 bridgehead atoms. The predicted molar refractivity (Wildman–Crippen MR) is 73.5 cm³/mol. The molecule has 1 amide bonds. The number of aromatic amines is 1. The average molecular weight is 272 g/mol. The van der Waals surface area contributed by atoms with E-state index in [0.717, 1.165) is 11.5 Å². The van der Waals surface area contributed by atoms with Gasteiger partial charge in [-0.3, -0.25) is 4.79 Å². The standard InChI is InChI=1S/C13H22ClN3O/c1-7(2)6-10(18)16-11(8(3)4)13-15-9(5)12(14)17-13/h7-8,11H,6H2,1-5H3,(H,15,17)(H,16,18). The van der Waals surface area contributed by atoms with Crippen LogP contribution >= 0.6 is 11.6 Å². The maximum Gasteiger partial charge on any atom is 0.220 e. The molecule has 1 aromatic heterocycles. The van der Waals surface area contributed by atoms with Gasteiger partial charge >= 0.3 is 0 Å². The summed E-state index contributed by atoms with van der Waals surface area (Å²) in [5.41, 5.74) is 0.829. The van der Waals surface area contributed by atoms with Crippen molar-refractivity contribution in [3.63, 3.8) is 0 Å². The maximum absolute atomic E-state index is 11.8. The first kappa shape index (κ1) is 15.0. The summed E-state index contributed by atoms with van der Waals surface area (Å²) in [6, 6.07) is -0.123. The number of carbonyl (C=O) groups is 1. The molecule has 0 saturated carbocycles. The van der Waals surface area contributed by atoms with E-state index >= 15 is 0 Å². The van der Waals surface area contributed by atoms with Crippen molar-refractivity contribution in [2.75, 3.05) is 0 Å². The first-order chi connectivity index (χ1) is 8.31. The van der Waals surface area contributed by atoms with Crippen LogP contribution in [0.5, 0.6) is 0 Å². The Balaban J connectivity index is 2.80. The highest BCUT2D eigenvalue weighted by atomic mass is 35.5. The summed E-state index contributed by atoms with van der Waals surface area (Å²) in [5.74, 6) is 1.38. The molecular weight excluding hydrogens is 250 g/mol. The normalized spacial score (nSPS) is 13.1. The zero-order valence-corrected chi connectivity index (χ0v) is 12.4. The van der Waals surface area contributed by atoms with Crippen molar-refractivity contribution < 1.29 is 4.79 Å². The van der Waals surface area contributed by atoms with E-state index in [2.05, 4.69) is 15.3 Å². The van der Waals surface area contributed by atoms with Crippen molar-refractivity contribution in [1.29, 1.82) is 0 Å². The van der Waals surface area contributed by atoms with Crippen LogP contribution < -0.4 is 5.32 Å². The fraction of sp³-hybridized carbons (Fsp3) is 0.692. The van der Waals surface area contributed by atoms with E-state index in [1.165, 1.54) is 0 Å². The van der Waals surface area contributed by atoms with Gasteiger partial charge in [-0.2, -0.15) is 0 Å². The summed E-state index contributed by atoms with van der Waals surface area (Å²) < 4.78 is 0. The predicted octanol–water partition coefficient (Wildman–Crippen LogP) is 3.23. The van der Waals surface area contributed by atoms with Crippen LogP contribution in [0.15, 0.2) is 0 Å². The van der Waals surface area contributed by atoms with Crippen LogP contribution in [0, 0.1) is 18.8 Å². The molecule has 1 heterocycles. The summed E-state index contributed by atoms with van der Waals surface area (Å²) >= 11 is 5.94. The van der Waals surface area contributed by atoms with Crippen LogP contribution in [0.1, 0.15) is 51.7 Å². The number of rotatable bonds is 5. The molecule has 0 aliphatic carbocycles. The summed E-state index contributed by atoms with van der Waals surface area (Å²) in [7, 11) is 0. The zero-order valence-electron chi connectivity index (χ0n) is 11.7. The minimum Gasteiger partial charge on any atom is -0.346 e. The highest BCUT2D eigenvalue weighted by Gasteiger charge is 2.22. The summed E-state index contributed by atoms with van der Waals surface area (Å²) in [6.07, 6.45) is 0.524. The fourth-order valence-corrected chi connectivity index (χ4v) is 1.90. The first-order valence-electron chi connectivity index (χ1n) is 6.32. The number of aromatic nitrogens is 2. The molecule has 0 aromatic carbocycles. The molecule has 0 aliphatic rings. The van der Waals surface area contributed by atoms with Gasteiger partial charge in [0.15, 0.2) is 0 Å². The average Bonchev–Trinajstić information content (AvgIpc) is 2.54. The van der Waals surface area contributed by atoms with Gasteiger partial charge in [0.1, 0.15) is 11.0 Å². The van der Waals surface area contributed by atoms with Crippen molar-refractivity contribution in [3.8, 4) is 0 Å². The molecule has 1 rings (SSSR count). The van der Waals surface area contributed by atoms with Gasteiger partial charge in [0.25, 0.3) is 0 Å². The Morgan fingerprint density at radius 2 is 2.00 bits per heavy atom. The lowest BCUT2D eigenvalue weighted by atomic mass is 10.0. The molecule has 1 unspecified atom stereocenters. The Kier molecular flexibility index (Phi) is 5.20. The minimum atomic E-state index is -0.123. The molecule has 1 atom stereocenters. The minimum absolute atomic E-state index is 0.0499. The molecule has 1 aromatic rings. The summed E-state index contributed by atoms with van der Waals surface area (Å²) in [5, 5.41) is 3.48. The molecule has 0 fully saturated rings. The lowest BCUT2D eigenvalue weighted by Crippen LogP contribution is -2.33. The van der Waals surface area contributed by atoms with Gasteiger partial charge in [0, 0.05) is 6.42 Å². The van der Waals surface area contributed by atoms with Crippen LogP contribution in [0.3, 0.4) is 0 Å². The Morgan fingerprint density at radius 3 is 2.39 bits per heavy atom. The number of amides is 1. The number of aryl methyl sites for hydroxylation is 1. The third-order valence-electron chi connectivity index (χ3n) is 2.72. The molecule has 0 spiro atoms. The number of hydrogen-bond acceptors (Lipinski definition) is 2. The van der Waals surface area contributed by atoms with Gasteiger partial charge in [-0.1, -0.05) is 39.3 Å². The quantitative estimate of drug-likeness (QED) is 0.864. The van der Waals surface area contributed by atoms with E-state index in [0.29, 0.717) is 17.5 Å². The van der Waals surface area contributed by atoms with Crippen molar-refractivity contribution in [2.45, 2.75) is 47.1 Å². The number of nitrogens with zero attached hydrogens (tertiary/aromatic N) is 1. The largest absolute Gasteiger partial charge is 0.346 e. The van der Waals surface area contributed by atoms with E-state index in [1.54, 1.807) is 0 Å². The number of H-pyrrole nitrogens is 1. The third kappa shape index (κ3) is 4.02. The molecule has 0 saturated heterocycles. The molecular formula is C13H22ClN3O. The van der Waals surface area contributed by atoms with Crippen LogP contribution in [0.4, 0.5) is 0 Å². The Hall–Kier alpha value is -1.03. The molecule has 0 aliphatic heterocycles. The van der Waals surface area contributed by atoms with Gasteiger partial charge in [-0.25, -0.2) is 4.98 Å².